The van der Waals surface area contributed by atoms with E-state index in [1.54, 1.807) is 0 Å². The van der Waals surface area contributed by atoms with E-state index in [0.29, 0.717) is 12.0 Å². The Morgan fingerprint density at radius 3 is 2.36 bits per heavy atom. The maximum Gasteiger partial charge on any atom is 0.133 e. The predicted molar refractivity (Wildman–Crippen MR) is 91.7 cm³/mol. The second kappa shape index (κ2) is 6.95. The van der Waals surface area contributed by atoms with Crippen molar-refractivity contribution in [2.24, 2.45) is 0 Å². The van der Waals surface area contributed by atoms with E-state index < -0.39 is 0 Å². The van der Waals surface area contributed by atoms with Crippen LogP contribution in [-0.2, 0) is 10.2 Å². The molecule has 1 aliphatic rings. The lowest BCUT2D eigenvalue weighted by Crippen LogP contribution is -2.38. The number of aromatic nitrogens is 2. The second-order valence-electron chi connectivity index (χ2n) is 7.52. The summed E-state index contributed by atoms with van der Waals surface area (Å²) in [5.74, 6) is 2.38. The molecule has 0 saturated carbocycles. The van der Waals surface area contributed by atoms with Gasteiger partial charge in [0.05, 0.1) is 11.8 Å². The van der Waals surface area contributed by atoms with Crippen molar-refractivity contribution < 1.29 is 4.74 Å². The Morgan fingerprint density at radius 2 is 1.86 bits per heavy atom. The smallest absolute Gasteiger partial charge is 0.133 e. The van der Waals surface area contributed by atoms with E-state index in [1.807, 2.05) is 0 Å². The SMILES string of the molecule is CCOC1CCN(c2cc(C(C)(C)C)nc(C(C)C)n2)CC1. The number of ether oxygens (including phenoxy) is 1. The third-order valence-corrected chi connectivity index (χ3v) is 4.18. The molecule has 0 amide bonds. The van der Waals surface area contributed by atoms with Crippen LogP contribution in [0.5, 0.6) is 0 Å². The van der Waals surface area contributed by atoms with Crippen LogP contribution in [0.15, 0.2) is 6.07 Å². The molecule has 4 nitrogen and oxygen atoms in total. The number of hydrogen-bond acceptors (Lipinski definition) is 4. The summed E-state index contributed by atoms with van der Waals surface area (Å²) in [7, 11) is 0. The highest BCUT2D eigenvalue weighted by Gasteiger charge is 2.24. The number of nitrogens with zero attached hydrogens (tertiary/aromatic N) is 3. The third-order valence-electron chi connectivity index (χ3n) is 4.18. The Kier molecular flexibility index (Phi) is 5.43. The number of piperidine rings is 1. The zero-order chi connectivity index (χ0) is 16.3. The summed E-state index contributed by atoms with van der Waals surface area (Å²) < 4.78 is 5.75. The Balaban J connectivity index is 2.22. The van der Waals surface area contributed by atoms with Crippen LogP contribution >= 0.6 is 0 Å². The van der Waals surface area contributed by atoms with Gasteiger partial charge >= 0.3 is 0 Å². The zero-order valence-electron chi connectivity index (χ0n) is 15.0. The minimum Gasteiger partial charge on any atom is -0.378 e. The first kappa shape index (κ1) is 17.2. The largest absolute Gasteiger partial charge is 0.378 e. The van der Waals surface area contributed by atoms with Gasteiger partial charge in [-0.15, -0.1) is 0 Å². The van der Waals surface area contributed by atoms with E-state index in [0.717, 1.165) is 49.9 Å². The van der Waals surface area contributed by atoms with E-state index >= 15 is 0 Å². The number of anilines is 1. The molecule has 0 unspecified atom stereocenters. The fourth-order valence-electron chi connectivity index (χ4n) is 2.74. The van der Waals surface area contributed by atoms with Crippen molar-refractivity contribution in [2.75, 3.05) is 24.6 Å². The highest BCUT2D eigenvalue weighted by molar-refractivity contribution is 5.42. The first-order chi connectivity index (χ1) is 10.3. The minimum absolute atomic E-state index is 0.0466. The maximum atomic E-state index is 5.75. The Labute approximate surface area is 135 Å². The lowest BCUT2D eigenvalue weighted by atomic mass is 9.91. The topological polar surface area (TPSA) is 38.2 Å². The summed E-state index contributed by atoms with van der Waals surface area (Å²) in [6.07, 6.45) is 2.58. The lowest BCUT2D eigenvalue weighted by Gasteiger charge is -2.33. The molecule has 2 rings (SSSR count). The molecule has 4 heteroatoms. The molecule has 1 aliphatic heterocycles. The summed E-state index contributed by atoms with van der Waals surface area (Å²) >= 11 is 0. The molecule has 0 radical (unpaired) electrons. The molecular weight excluding hydrogens is 274 g/mol. The molecular formula is C18H31N3O. The van der Waals surface area contributed by atoms with Gasteiger partial charge in [-0.2, -0.15) is 0 Å². The minimum atomic E-state index is 0.0466. The van der Waals surface area contributed by atoms with E-state index in [1.165, 1.54) is 0 Å². The highest BCUT2D eigenvalue weighted by atomic mass is 16.5. The van der Waals surface area contributed by atoms with Crippen molar-refractivity contribution in [1.29, 1.82) is 0 Å². The van der Waals surface area contributed by atoms with Gasteiger partial charge in [0.2, 0.25) is 0 Å². The van der Waals surface area contributed by atoms with Gasteiger partial charge in [-0.1, -0.05) is 34.6 Å². The number of rotatable bonds is 4. The molecule has 2 heterocycles. The Hall–Kier alpha value is -1.16. The monoisotopic (exact) mass is 305 g/mol. The average Bonchev–Trinajstić information content (AvgIpc) is 2.47. The highest BCUT2D eigenvalue weighted by Crippen LogP contribution is 2.27. The van der Waals surface area contributed by atoms with Gasteiger partial charge in [0, 0.05) is 37.1 Å². The van der Waals surface area contributed by atoms with E-state index in [-0.39, 0.29) is 5.41 Å². The molecule has 0 aromatic carbocycles. The first-order valence-electron chi connectivity index (χ1n) is 8.57. The molecule has 0 spiro atoms. The van der Waals surface area contributed by atoms with Gasteiger partial charge in [0.25, 0.3) is 0 Å². The van der Waals surface area contributed by atoms with Gasteiger partial charge in [-0.05, 0) is 19.8 Å². The molecule has 1 saturated heterocycles. The molecule has 0 aliphatic carbocycles. The molecule has 22 heavy (non-hydrogen) atoms. The van der Waals surface area contributed by atoms with Crippen molar-refractivity contribution >= 4 is 5.82 Å². The average molecular weight is 305 g/mol. The second-order valence-corrected chi connectivity index (χ2v) is 7.52. The summed E-state index contributed by atoms with van der Waals surface area (Å²) in [5.41, 5.74) is 1.18. The molecule has 0 atom stereocenters. The lowest BCUT2D eigenvalue weighted by molar-refractivity contribution is 0.0458. The van der Waals surface area contributed by atoms with E-state index in [2.05, 4.69) is 52.5 Å². The third kappa shape index (κ3) is 4.19. The van der Waals surface area contributed by atoms with E-state index in [9.17, 15) is 0 Å². The van der Waals surface area contributed by atoms with Crippen molar-refractivity contribution in [3.63, 3.8) is 0 Å². The molecule has 1 aromatic heterocycles. The molecule has 1 fully saturated rings. The van der Waals surface area contributed by atoms with E-state index in [4.69, 9.17) is 14.7 Å². The molecule has 0 bridgehead atoms. The fraction of sp³-hybridized carbons (Fsp3) is 0.778. The first-order valence-corrected chi connectivity index (χ1v) is 8.57. The van der Waals surface area contributed by atoms with Crippen LogP contribution < -0.4 is 4.90 Å². The molecule has 124 valence electrons. The van der Waals surface area contributed by atoms with Crippen LogP contribution in [0.2, 0.25) is 0 Å². The number of hydrogen-bond donors (Lipinski definition) is 0. The molecule has 1 aromatic rings. The maximum absolute atomic E-state index is 5.75. The van der Waals surface area contributed by atoms with Crippen LogP contribution in [0, 0.1) is 0 Å². The van der Waals surface area contributed by atoms with Gasteiger partial charge in [-0.3, -0.25) is 0 Å². The van der Waals surface area contributed by atoms with Crippen molar-refractivity contribution in [2.45, 2.75) is 71.8 Å². The van der Waals surface area contributed by atoms with Crippen LogP contribution in [-0.4, -0.2) is 35.8 Å². The zero-order valence-corrected chi connectivity index (χ0v) is 15.0. The normalized spacial score (nSPS) is 17.3. The standard InChI is InChI=1S/C18H31N3O/c1-7-22-14-8-10-21(11-9-14)16-12-15(18(4,5)6)19-17(20-16)13(2)3/h12-14H,7-11H2,1-6H3. The van der Waals surface area contributed by atoms with Gasteiger partial charge in [0.1, 0.15) is 11.6 Å². The quantitative estimate of drug-likeness (QED) is 0.845. The van der Waals surface area contributed by atoms with Gasteiger partial charge < -0.3 is 9.64 Å². The van der Waals surface area contributed by atoms with Crippen molar-refractivity contribution in [3.8, 4) is 0 Å². The summed E-state index contributed by atoms with van der Waals surface area (Å²) in [6, 6.07) is 2.17. The van der Waals surface area contributed by atoms with Crippen LogP contribution in [0.4, 0.5) is 5.82 Å². The fourth-order valence-corrected chi connectivity index (χ4v) is 2.74. The summed E-state index contributed by atoms with van der Waals surface area (Å²) in [6.45, 7) is 15.9. The Bertz CT molecular complexity index is 486. The molecule has 0 N–H and O–H groups in total. The summed E-state index contributed by atoms with van der Waals surface area (Å²) in [5, 5.41) is 0. The predicted octanol–water partition coefficient (Wildman–Crippen LogP) is 3.90. The summed E-state index contributed by atoms with van der Waals surface area (Å²) in [4.78, 5) is 12.0. The van der Waals surface area contributed by atoms with Crippen LogP contribution in [0.25, 0.3) is 0 Å². The van der Waals surface area contributed by atoms with Crippen molar-refractivity contribution in [1.82, 2.24) is 9.97 Å². The Morgan fingerprint density at radius 1 is 1.23 bits per heavy atom. The van der Waals surface area contributed by atoms with Crippen LogP contribution in [0.3, 0.4) is 0 Å². The van der Waals surface area contributed by atoms with Gasteiger partial charge in [-0.25, -0.2) is 9.97 Å². The van der Waals surface area contributed by atoms with Crippen LogP contribution in [0.1, 0.15) is 71.8 Å². The van der Waals surface area contributed by atoms with Gasteiger partial charge in [0.15, 0.2) is 0 Å². The van der Waals surface area contributed by atoms with Crippen molar-refractivity contribution in [3.05, 3.63) is 17.6 Å².